The van der Waals surface area contributed by atoms with Crippen molar-refractivity contribution in [3.63, 3.8) is 0 Å². The van der Waals surface area contributed by atoms with Crippen LogP contribution in [0.25, 0.3) is 0 Å². The van der Waals surface area contributed by atoms with Crippen LogP contribution in [0, 0.1) is 11.8 Å². The maximum absolute atomic E-state index is 10.4. The third-order valence-electron chi connectivity index (χ3n) is 5.05. The van der Waals surface area contributed by atoms with E-state index in [-0.39, 0.29) is 25.4 Å². The van der Waals surface area contributed by atoms with Crippen molar-refractivity contribution in [1.29, 1.82) is 0 Å². The molecule has 2 aromatic rings. The fraction of sp³-hybridized carbons (Fsp3) is 0.455. The Morgan fingerprint density at radius 2 is 1.36 bits per heavy atom. The van der Waals surface area contributed by atoms with Gasteiger partial charge in [0.1, 0.15) is 0 Å². The van der Waals surface area contributed by atoms with E-state index in [1.807, 2.05) is 43.3 Å². The average Bonchev–Trinajstić information content (AvgIpc) is 3.34. The zero-order chi connectivity index (χ0) is 19.5. The van der Waals surface area contributed by atoms with Crippen LogP contribution in [-0.2, 0) is 17.6 Å². The van der Waals surface area contributed by atoms with Crippen LogP contribution in [0.15, 0.2) is 36.4 Å². The first kappa shape index (κ1) is 18.9. The number of rotatable bonds is 8. The summed E-state index contributed by atoms with van der Waals surface area (Å²) in [4.78, 5) is 0. The summed E-state index contributed by atoms with van der Waals surface area (Å²) in [6.45, 7) is 5.13. The monoisotopic (exact) mass is 386 g/mol. The smallest absolute Gasteiger partial charge is 0.231 e. The van der Waals surface area contributed by atoms with E-state index in [1.54, 1.807) is 0 Å². The minimum Gasteiger partial charge on any atom is -0.454 e. The van der Waals surface area contributed by atoms with Gasteiger partial charge in [-0.15, -0.1) is 0 Å². The van der Waals surface area contributed by atoms with E-state index < -0.39 is 6.29 Å². The number of hydrogen-bond acceptors (Lipinski definition) is 6. The molecule has 150 valence electrons. The van der Waals surface area contributed by atoms with Gasteiger partial charge in [0.25, 0.3) is 0 Å². The first-order valence-corrected chi connectivity index (χ1v) is 9.65. The Kier molecular flexibility index (Phi) is 5.59. The normalized spacial score (nSPS) is 17.4. The topological polar surface area (TPSA) is 66.4 Å². The van der Waals surface area contributed by atoms with E-state index in [4.69, 9.17) is 23.7 Å². The molecule has 0 saturated heterocycles. The first-order valence-electron chi connectivity index (χ1n) is 9.65. The highest BCUT2D eigenvalue weighted by Gasteiger charge is 2.20. The van der Waals surface area contributed by atoms with Crippen LogP contribution in [-0.4, -0.2) is 31.6 Å². The van der Waals surface area contributed by atoms with Gasteiger partial charge < -0.3 is 28.8 Å². The lowest BCUT2D eigenvalue weighted by Crippen LogP contribution is -2.25. The molecular formula is C22H26O6. The molecule has 0 fully saturated rings. The molecule has 0 aromatic heterocycles. The molecule has 0 aliphatic carbocycles. The van der Waals surface area contributed by atoms with Gasteiger partial charge in [0, 0.05) is 5.92 Å². The molecule has 2 aliphatic rings. The zero-order valence-corrected chi connectivity index (χ0v) is 16.2. The number of fused-ring (bicyclic) bond motifs is 2. The molecule has 0 bridgehead atoms. The standard InChI is InChI=1S/C22H26O6/c1-14(7-16-3-5-18-20(9-16)27-12-25-18)11-24-22(23)15(2)8-17-4-6-19-21(10-17)28-13-26-19/h3-6,9-10,14-15,22-23H,7-8,11-13H2,1-2H3/t14-,15+,22?/m0/s1. The third kappa shape index (κ3) is 4.34. The fourth-order valence-corrected chi connectivity index (χ4v) is 3.50. The van der Waals surface area contributed by atoms with Gasteiger partial charge in [0.15, 0.2) is 29.3 Å². The molecule has 28 heavy (non-hydrogen) atoms. The zero-order valence-electron chi connectivity index (χ0n) is 16.2. The quantitative estimate of drug-likeness (QED) is 0.700. The number of aliphatic hydroxyl groups is 1. The summed E-state index contributed by atoms with van der Waals surface area (Å²) in [6, 6.07) is 11.9. The van der Waals surface area contributed by atoms with Gasteiger partial charge in [0.05, 0.1) is 6.61 Å². The second-order valence-electron chi connectivity index (χ2n) is 7.59. The highest BCUT2D eigenvalue weighted by atomic mass is 16.7. The lowest BCUT2D eigenvalue weighted by Gasteiger charge is -2.21. The van der Waals surface area contributed by atoms with Crippen molar-refractivity contribution in [2.45, 2.75) is 33.0 Å². The van der Waals surface area contributed by atoms with Crippen LogP contribution < -0.4 is 18.9 Å². The SMILES string of the molecule is C[C@H](COC(O)[C@H](C)Cc1ccc2c(c1)OCO2)Cc1ccc2c(c1)OCO2. The summed E-state index contributed by atoms with van der Waals surface area (Å²) in [5, 5.41) is 10.4. The van der Waals surface area contributed by atoms with E-state index in [9.17, 15) is 5.11 Å². The molecule has 6 nitrogen and oxygen atoms in total. The predicted molar refractivity (Wildman–Crippen MR) is 103 cm³/mol. The van der Waals surface area contributed by atoms with Crippen LogP contribution in [0.1, 0.15) is 25.0 Å². The van der Waals surface area contributed by atoms with E-state index in [0.717, 1.165) is 35.0 Å². The minimum atomic E-state index is -0.815. The van der Waals surface area contributed by atoms with Gasteiger partial charge in [-0.25, -0.2) is 0 Å². The molecule has 2 heterocycles. The number of benzene rings is 2. The molecule has 0 radical (unpaired) electrons. The Morgan fingerprint density at radius 3 is 1.96 bits per heavy atom. The molecule has 0 saturated carbocycles. The van der Waals surface area contributed by atoms with E-state index >= 15 is 0 Å². The summed E-state index contributed by atoms with van der Waals surface area (Å²) in [7, 11) is 0. The van der Waals surface area contributed by atoms with Crippen LogP contribution in [0.5, 0.6) is 23.0 Å². The highest BCUT2D eigenvalue weighted by Crippen LogP contribution is 2.34. The maximum atomic E-state index is 10.4. The predicted octanol–water partition coefficient (Wildman–Crippen LogP) is 3.54. The summed E-state index contributed by atoms with van der Waals surface area (Å²) >= 11 is 0. The molecule has 6 heteroatoms. The maximum Gasteiger partial charge on any atom is 0.231 e. The lowest BCUT2D eigenvalue weighted by molar-refractivity contribution is -0.137. The molecule has 2 aliphatic heterocycles. The largest absolute Gasteiger partial charge is 0.454 e. The van der Waals surface area contributed by atoms with Crippen molar-refractivity contribution in [2.24, 2.45) is 11.8 Å². The molecule has 3 atom stereocenters. The van der Waals surface area contributed by atoms with E-state index in [1.165, 1.54) is 5.56 Å². The number of aliphatic hydroxyl groups excluding tert-OH is 1. The summed E-state index contributed by atoms with van der Waals surface area (Å²) in [6.07, 6.45) is 0.735. The highest BCUT2D eigenvalue weighted by molar-refractivity contribution is 5.45. The van der Waals surface area contributed by atoms with Crippen LogP contribution in [0.3, 0.4) is 0 Å². The lowest BCUT2D eigenvalue weighted by atomic mass is 9.99. The number of hydrogen-bond donors (Lipinski definition) is 1. The molecule has 1 N–H and O–H groups in total. The van der Waals surface area contributed by atoms with Gasteiger partial charge in [-0.2, -0.15) is 0 Å². The second-order valence-corrected chi connectivity index (χ2v) is 7.59. The van der Waals surface area contributed by atoms with Crippen molar-refractivity contribution < 1.29 is 28.8 Å². The summed E-state index contributed by atoms with van der Waals surface area (Å²) in [5.74, 6) is 3.36. The Labute approximate surface area is 164 Å². The van der Waals surface area contributed by atoms with Gasteiger partial charge in [0.2, 0.25) is 13.6 Å². The molecule has 1 unspecified atom stereocenters. The van der Waals surface area contributed by atoms with Gasteiger partial charge in [-0.3, -0.25) is 0 Å². The summed E-state index contributed by atoms with van der Waals surface area (Å²) < 4.78 is 27.3. The molecule has 4 rings (SSSR count). The van der Waals surface area contributed by atoms with Crippen molar-refractivity contribution in [2.75, 3.05) is 20.2 Å². The number of ether oxygens (including phenoxy) is 5. The Balaban J connectivity index is 1.24. The van der Waals surface area contributed by atoms with E-state index in [0.29, 0.717) is 13.0 Å². The van der Waals surface area contributed by atoms with Crippen molar-refractivity contribution in [1.82, 2.24) is 0 Å². The molecular weight excluding hydrogens is 360 g/mol. The van der Waals surface area contributed by atoms with Crippen molar-refractivity contribution in [3.05, 3.63) is 47.5 Å². The van der Waals surface area contributed by atoms with Crippen LogP contribution in [0.4, 0.5) is 0 Å². The third-order valence-corrected chi connectivity index (χ3v) is 5.05. The van der Waals surface area contributed by atoms with E-state index in [2.05, 4.69) is 6.92 Å². The van der Waals surface area contributed by atoms with Gasteiger partial charge in [-0.1, -0.05) is 26.0 Å². The molecule has 2 aromatic carbocycles. The Morgan fingerprint density at radius 1 is 0.821 bits per heavy atom. The fourth-order valence-electron chi connectivity index (χ4n) is 3.50. The minimum absolute atomic E-state index is 0.0295. The van der Waals surface area contributed by atoms with Crippen molar-refractivity contribution >= 4 is 0 Å². The second kappa shape index (κ2) is 8.29. The summed E-state index contributed by atoms with van der Waals surface area (Å²) in [5.41, 5.74) is 2.26. The average molecular weight is 386 g/mol. The first-order chi connectivity index (χ1) is 13.6. The Bertz CT molecular complexity index is 821. The Hall–Kier alpha value is -2.44. The van der Waals surface area contributed by atoms with Crippen molar-refractivity contribution in [3.8, 4) is 23.0 Å². The van der Waals surface area contributed by atoms with Gasteiger partial charge in [-0.05, 0) is 54.2 Å². The van der Waals surface area contributed by atoms with Crippen LogP contribution >= 0.6 is 0 Å². The van der Waals surface area contributed by atoms with Gasteiger partial charge >= 0.3 is 0 Å². The molecule has 0 amide bonds. The molecule has 0 spiro atoms. The van der Waals surface area contributed by atoms with Crippen LogP contribution in [0.2, 0.25) is 0 Å².